The fraction of sp³-hybridized carbons (Fsp3) is 0.375. The predicted molar refractivity (Wildman–Crippen MR) is 84.4 cm³/mol. The summed E-state index contributed by atoms with van der Waals surface area (Å²) in [6.07, 6.45) is 3.66. The Hall–Kier alpha value is -1.61. The number of aryl methyl sites for hydroxylation is 1. The molecule has 0 atom stereocenters. The summed E-state index contributed by atoms with van der Waals surface area (Å²) in [6.45, 7) is 3.00. The summed E-state index contributed by atoms with van der Waals surface area (Å²) in [5.74, 6) is 1.51. The number of alkyl halides is 1. The molecule has 3 nitrogen and oxygen atoms in total. The molecular weight excluding hydrogens is 270 g/mol. The fourth-order valence-electron chi connectivity index (χ4n) is 2.03. The van der Waals surface area contributed by atoms with Crippen molar-refractivity contribution < 1.29 is 0 Å². The van der Waals surface area contributed by atoms with Crippen molar-refractivity contribution in [2.75, 3.05) is 18.5 Å². The Morgan fingerprint density at radius 2 is 2.05 bits per heavy atom. The number of halogens is 1. The molecule has 4 heteroatoms. The molecule has 0 saturated carbocycles. The highest BCUT2D eigenvalue weighted by atomic mass is 35.5. The van der Waals surface area contributed by atoms with Crippen molar-refractivity contribution in [2.45, 2.75) is 25.6 Å². The summed E-state index contributed by atoms with van der Waals surface area (Å²) < 4.78 is 0. The summed E-state index contributed by atoms with van der Waals surface area (Å²) in [7, 11) is 2.06. The third kappa shape index (κ3) is 3.94. The molecule has 0 radical (unpaired) electrons. The maximum atomic E-state index is 5.95. The van der Waals surface area contributed by atoms with Crippen molar-refractivity contribution in [1.29, 1.82) is 0 Å². The summed E-state index contributed by atoms with van der Waals surface area (Å²) >= 11 is 5.95. The molecule has 2 aromatic heterocycles. The van der Waals surface area contributed by atoms with E-state index < -0.39 is 0 Å². The lowest BCUT2D eigenvalue weighted by molar-refractivity contribution is 0.831. The first-order valence-electron chi connectivity index (χ1n) is 6.89. The molecule has 0 fully saturated rings. The SMILES string of the molecule is CCc1cc(CCl)cc(N(C)CCc2ccccn2)n1. The topological polar surface area (TPSA) is 29.0 Å². The second kappa shape index (κ2) is 7.25. The summed E-state index contributed by atoms with van der Waals surface area (Å²) in [5, 5.41) is 0. The summed E-state index contributed by atoms with van der Waals surface area (Å²) in [4.78, 5) is 11.2. The van der Waals surface area contributed by atoms with Gasteiger partial charge in [0.15, 0.2) is 0 Å². The Labute approximate surface area is 125 Å². The van der Waals surface area contributed by atoms with Crippen molar-refractivity contribution in [2.24, 2.45) is 0 Å². The van der Waals surface area contributed by atoms with E-state index in [1.807, 2.05) is 24.4 Å². The number of likely N-dealkylation sites (N-methyl/N-ethyl adjacent to an activating group) is 1. The maximum absolute atomic E-state index is 5.95. The van der Waals surface area contributed by atoms with Gasteiger partial charge in [0.25, 0.3) is 0 Å². The molecule has 0 N–H and O–H groups in total. The molecule has 0 saturated heterocycles. The average molecular weight is 290 g/mol. The van der Waals surface area contributed by atoms with Gasteiger partial charge in [-0.2, -0.15) is 0 Å². The molecule has 0 aromatic carbocycles. The smallest absolute Gasteiger partial charge is 0.128 e. The Morgan fingerprint density at radius 3 is 2.70 bits per heavy atom. The van der Waals surface area contributed by atoms with Crippen LogP contribution in [0, 0.1) is 0 Å². The van der Waals surface area contributed by atoms with Crippen LogP contribution in [0.25, 0.3) is 0 Å². The normalized spacial score (nSPS) is 10.6. The second-order valence-electron chi connectivity index (χ2n) is 4.80. The zero-order chi connectivity index (χ0) is 14.4. The van der Waals surface area contributed by atoms with Crippen LogP contribution in [-0.2, 0) is 18.7 Å². The Balaban J connectivity index is 2.06. The van der Waals surface area contributed by atoms with Crippen LogP contribution >= 0.6 is 11.6 Å². The number of nitrogens with zero attached hydrogens (tertiary/aromatic N) is 3. The molecule has 106 valence electrons. The molecule has 20 heavy (non-hydrogen) atoms. The highest BCUT2D eigenvalue weighted by molar-refractivity contribution is 6.17. The van der Waals surface area contributed by atoms with E-state index in [0.717, 1.165) is 42.2 Å². The van der Waals surface area contributed by atoms with Gasteiger partial charge in [-0.25, -0.2) is 4.98 Å². The maximum Gasteiger partial charge on any atom is 0.128 e. The first kappa shape index (κ1) is 14.8. The summed E-state index contributed by atoms with van der Waals surface area (Å²) in [6, 6.07) is 10.1. The van der Waals surface area contributed by atoms with Crippen LogP contribution in [0.4, 0.5) is 5.82 Å². The minimum atomic E-state index is 0.524. The van der Waals surface area contributed by atoms with Gasteiger partial charge < -0.3 is 4.90 Å². The third-order valence-electron chi connectivity index (χ3n) is 3.26. The van der Waals surface area contributed by atoms with Crippen molar-refractivity contribution in [3.8, 4) is 0 Å². The number of anilines is 1. The largest absolute Gasteiger partial charge is 0.359 e. The number of hydrogen-bond donors (Lipinski definition) is 0. The summed E-state index contributed by atoms with van der Waals surface area (Å²) in [5.41, 5.74) is 3.31. The highest BCUT2D eigenvalue weighted by Gasteiger charge is 2.07. The minimum Gasteiger partial charge on any atom is -0.359 e. The van der Waals surface area contributed by atoms with E-state index in [9.17, 15) is 0 Å². The lowest BCUT2D eigenvalue weighted by atomic mass is 10.2. The van der Waals surface area contributed by atoms with Crippen LogP contribution in [0.15, 0.2) is 36.5 Å². The van der Waals surface area contributed by atoms with Gasteiger partial charge in [0.2, 0.25) is 0 Å². The molecule has 0 aliphatic heterocycles. The number of hydrogen-bond acceptors (Lipinski definition) is 3. The molecule has 0 unspecified atom stereocenters. The van der Waals surface area contributed by atoms with Crippen molar-refractivity contribution in [3.05, 3.63) is 53.5 Å². The van der Waals surface area contributed by atoms with E-state index in [-0.39, 0.29) is 0 Å². The van der Waals surface area contributed by atoms with E-state index in [4.69, 9.17) is 11.6 Å². The standard InChI is InChI=1S/C16H20ClN3/c1-3-14-10-13(12-17)11-16(19-14)20(2)9-7-15-6-4-5-8-18-15/h4-6,8,10-11H,3,7,9,12H2,1-2H3. The zero-order valence-electron chi connectivity index (χ0n) is 12.0. The average Bonchev–Trinajstić information content (AvgIpc) is 2.52. The van der Waals surface area contributed by atoms with Crippen molar-refractivity contribution in [3.63, 3.8) is 0 Å². The van der Waals surface area contributed by atoms with Crippen LogP contribution in [0.2, 0.25) is 0 Å². The van der Waals surface area contributed by atoms with Gasteiger partial charge in [-0.3, -0.25) is 4.98 Å². The second-order valence-corrected chi connectivity index (χ2v) is 5.07. The lowest BCUT2D eigenvalue weighted by Gasteiger charge is -2.19. The van der Waals surface area contributed by atoms with Gasteiger partial charge in [0, 0.05) is 43.5 Å². The van der Waals surface area contributed by atoms with Gasteiger partial charge >= 0.3 is 0 Å². The van der Waals surface area contributed by atoms with Crippen molar-refractivity contribution in [1.82, 2.24) is 9.97 Å². The van der Waals surface area contributed by atoms with Crippen LogP contribution < -0.4 is 4.90 Å². The molecule has 2 aromatic rings. The Bertz CT molecular complexity index is 520. The monoisotopic (exact) mass is 289 g/mol. The van der Waals surface area contributed by atoms with Gasteiger partial charge in [-0.05, 0) is 36.2 Å². The van der Waals surface area contributed by atoms with Crippen molar-refractivity contribution >= 4 is 17.4 Å². The first-order valence-corrected chi connectivity index (χ1v) is 7.43. The molecule has 2 heterocycles. The zero-order valence-corrected chi connectivity index (χ0v) is 12.8. The molecule has 2 rings (SSSR count). The fourth-order valence-corrected chi connectivity index (χ4v) is 2.18. The van der Waals surface area contributed by atoms with Gasteiger partial charge in [-0.1, -0.05) is 13.0 Å². The van der Waals surface area contributed by atoms with Crippen LogP contribution in [0.3, 0.4) is 0 Å². The molecule has 0 aliphatic carbocycles. The van der Waals surface area contributed by atoms with E-state index in [2.05, 4.69) is 41.0 Å². The van der Waals surface area contributed by atoms with Crippen LogP contribution in [0.5, 0.6) is 0 Å². The van der Waals surface area contributed by atoms with E-state index in [1.165, 1.54) is 0 Å². The van der Waals surface area contributed by atoms with Gasteiger partial charge in [0.05, 0.1) is 0 Å². The Kier molecular flexibility index (Phi) is 5.36. The van der Waals surface area contributed by atoms with Gasteiger partial charge in [0.1, 0.15) is 5.82 Å². The molecule has 0 amide bonds. The van der Waals surface area contributed by atoms with E-state index >= 15 is 0 Å². The molecule has 0 bridgehead atoms. The third-order valence-corrected chi connectivity index (χ3v) is 3.57. The lowest BCUT2D eigenvalue weighted by Crippen LogP contribution is -2.22. The number of rotatable bonds is 6. The van der Waals surface area contributed by atoms with Crippen LogP contribution in [-0.4, -0.2) is 23.6 Å². The number of aromatic nitrogens is 2. The molecule has 0 spiro atoms. The molecule has 0 aliphatic rings. The van der Waals surface area contributed by atoms with E-state index in [0.29, 0.717) is 5.88 Å². The van der Waals surface area contributed by atoms with Gasteiger partial charge in [-0.15, -0.1) is 11.6 Å². The highest BCUT2D eigenvalue weighted by Crippen LogP contribution is 2.16. The van der Waals surface area contributed by atoms with Crippen LogP contribution in [0.1, 0.15) is 23.9 Å². The Morgan fingerprint density at radius 1 is 1.20 bits per heavy atom. The van der Waals surface area contributed by atoms with E-state index in [1.54, 1.807) is 0 Å². The first-order chi connectivity index (χ1) is 9.72. The molecular formula is C16H20ClN3. The predicted octanol–water partition coefficient (Wildman–Crippen LogP) is 3.46. The number of pyridine rings is 2. The quantitative estimate of drug-likeness (QED) is 0.763. The minimum absolute atomic E-state index is 0.524.